The van der Waals surface area contributed by atoms with Crippen LogP contribution in [0.4, 0.5) is 4.39 Å². The number of halogens is 1. The van der Waals surface area contributed by atoms with Crippen molar-refractivity contribution in [3.63, 3.8) is 0 Å². The molecule has 0 heterocycles. The zero-order chi connectivity index (χ0) is 14.5. The van der Waals surface area contributed by atoms with Crippen LogP contribution in [-0.4, -0.2) is 21.3 Å². The van der Waals surface area contributed by atoms with Crippen LogP contribution >= 0.6 is 8.58 Å². The van der Waals surface area contributed by atoms with Gasteiger partial charge in [-0.2, -0.15) is 0 Å². The molecular formula is C15H16FO3P. The average molecular weight is 294 g/mol. The Morgan fingerprint density at radius 2 is 1.65 bits per heavy atom. The van der Waals surface area contributed by atoms with Crippen molar-refractivity contribution < 1.29 is 18.6 Å². The molecule has 2 aromatic rings. The van der Waals surface area contributed by atoms with Gasteiger partial charge in [0.2, 0.25) is 0 Å². The summed E-state index contributed by atoms with van der Waals surface area (Å²) in [6.07, 6.45) is 0. The maximum Gasteiger partial charge on any atom is 0.168 e. The van der Waals surface area contributed by atoms with Crippen LogP contribution in [0.3, 0.4) is 0 Å². The molecule has 1 unspecified atom stereocenters. The van der Waals surface area contributed by atoms with Crippen LogP contribution in [-0.2, 0) is 0 Å². The van der Waals surface area contributed by atoms with E-state index in [0.717, 1.165) is 5.30 Å². The molecule has 1 atom stereocenters. The monoisotopic (exact) mass is 294 g/mol. The fraction of sp³-hybridized carbons (Fsp3) is 0.200. The first-order chi connectivity index (χ1) is 9.69. The molecule has 0 radical (unpaired) electrons. The normalized spacial score (nSPS) is 10.8. The van der Waals surface area contributed by atoms with Gasteiger partial charge in [0, 0.05) is 16.7 Å². The first-order valence-electron chi connectivity index (χ1n) is 6.01. The smallest absolute Gasteiger partial charge is 0.168 e. The van der Waals surface area contributed by atoms with E-state index in [1.807, 2.05) is 12.1 Å². The van der Waals surface area contributed by atoms with Crippen molar-refractivity contribution in [3.8, 4) is 17.2 Å². The fourth-order valence-electron chi connectivity index (χ4n) is 1.86. The molecule has 0 N–H and O–H groups in total. The van der Waals surface area contributed by atoms with Crippen LogP contribution in [0.15, 0.2) is 36.4 Å². The van der Waals surface area contributed by atoms with Gasteiger partial charge in [-0.1, -0.05) is 26.8 Å². The van der Waals surface area contributed by atoms with E-state index in [-0.39, 0.29) is 14.4 Å². The summed E-state index contributed by atoms with van der Waals surface area (Å²) in [6.45, 7) is 0. The summed E-state index contributed by atoms with van der Waals surface area (Å²) < 4.78 is 29.7. The quantitative estimate of drug-likeness (QED) is 0.793. The first kappa shape index (κ1) is 14.6. The van der Waals surface area contributed by atoms with Crippen LogP contribution in [0, 0.1) is 5.82 Å². The van der Waals surface area contributed by atoms with Crippen LogP contribution in [0.1, 0.15) is 0 Å². The summed E-state index contributed by atoms with van der Waals surface area (Å²) >= 11 is 0. The largest absolute Gasteiger partial charge is 0.497 e. The molecule has 0 amide bonds. The first-order valence-corrected chi connectivity index (χ1v) is 7.01. The summed E-state index contributed by atoms with van der Waals surface area (Å²) in [6, 6.07) is 10.3. The third-order valence-electron chi connectivity index (χ3n) is 2.83. The van der Waals surface area contributed by atoms with Crippen LogP contribution in [0.5, 0.6) is 17.2 Å². The van der Waals surface area contributed by atoms with Crippen molar-refractivity contribution >= 4 is 19.2 Å². The molecule has 5 heteroatoms. The lowest BCUT2D eigenvalue weighted by Gasteiger charge is -2.15. The van der Waals surface area contributed by atoms with Gasteiger partial charge in [0.1, 0.15) is 11.6 Å². The molecule has 0 fully saturated rings. The van der Waals surface area contributed by atoms with E-state index >= 15 is 0 Å². The molecule has 20 heavy (non-hydrogen) atoms. The third-order valence-corrected chi connectivity index (χ3v) is 4.15. The van der Waals surface area contributed by atoms with Gasteiger partial charge >= 0.3 is 0 Å². The molecule has 0 aliphatic carbocycles. The molecule has 2 rings (SSSR count). The molecule has 0 aromatic heterocycles. The molecule has 0 saturated heterocycles. The predicted molar refractivity (Wildman–Crippen MR) is 80.1 cm³/mol. The maximum absolute atomic E-state index is 13.8. The number of hydrogen-bond acceptors (Lipinski definition) is 3. The zero-order valence-corrected chi connectivity index (χ0v) is 12.6. The maximum atomic E-state index is 13.8. The van der Waals surface area contributed by atoms with E-state index in [9.17, 15) is 4.39 Å². The molecule has 0 saturated carbocycles. The standard InChI is InChI=1S/C15H16FO3P/c1-17-10-8-12(18-2)15(19-3)14(9-10)20-13-7-5-4-6-11(13)16/h4-9,20H,1-3H3. The van der Waals surface area contributed by atoms with Gasteiger partial charge in [0.15, 0.2) is 11.5 Å². The van der Waals surface area contributed by atoms with Crippen molar-refractivity contribution in [3.05, 3.63) is 42.2 Å². The van der Waals surface area contributed by atoms with Crippen LogP contribution in [0.25, 0.3) is 0 Å². The SMILES string of the molecule is COc1cc(OC)c(OC)c(Pc2ccccc2F)c1. The Morgan fingerprint density at radius 1 is 0.900 bits per heavy atom. The Kier molecular flexibility index (Phi) is 4.80. The summed E-state index contributed by atoms with van der Waals surface area (Å²) in [5, 5.41) is 1.47. The van der Waals surface area contributed by atoms with E-state index in [1.165, 1.54) is 6.07 Å². The highest BCUT2D eigenvalue weighted by molar-refractivity contribution is 7.55. The predicted octanol–water partition coefficient (Wildman–Crippen LogP) is 2.48. The van der Waals surface area contributed by atoms with Gasteiger partial charge < -0.3 is 14.2 Å². The van der Waals surface area contributed by atoms with Crippen molar-refractivity contribution in [2.75, 3.05) is 21.3 Å². The molecule has 0 spiro atoms. The molecule has 106 valence electrons. The molecule has 0 bridgehead atoms. The molecule has 2 aromatic carbocycles. The molecule has 3 nitrogen and oxygen atoms in total. The number of hydrogen-bond donors (Lipinski definition) is 0. The summed E-state index contributed by atoms with van der Waals surface area (Å²) in [4.78, 5) is 0. The summed E-state index contributed by atoms with van der Waals surface area (Å²) in [7, 11) is 4.83. The van der Waals surface area contributed by atoms with Crippen molar-refractivity contribution in [2.24, 2.45) is 0 Å². The lowest BCUT2D eigenvalue weighted by Crippen LogP contribution is -2.11. The fourth-order valence-corrected chi connectivity index (χ4v) is 3.08. The second kappa shape index (κ2) is 6.58. The van der Waals surface area contributed by atoms with Crippen LogP contribution in [0.2, 0.25) is 0 Å². The zero-order valence-electron chi connectivity index (χ0n) is 11.6. The Hall–Kier alpha value is -1.80. The number of benzene rings is 2. The molecule has 0 aliphatic rings. The van der Waals surface area contributed by atoms with Gasteiger partial charge in [-0.15, -0.1) is 0 Å². The van der Waals surface area contributed by atoms with Gasteiger partial charge in [-0.05, 0) is 12.1 Å². The Balaban J connectivity index is 2.46. The minimum atomic E-state index is -0.227. The molecule has 0 aliphatic heterocycles. The minimum absolute atomic E-state index is 0.120. The van der Waals surface area contributed by atoms with E-state index in [1.54, 1.807) is 39.5 Å². The lowest BCUT2D eigenvalue weighted by molar-refractivity contribution is 0.351. The van der Waals surface area contributed by atoms with Gasteiger partial charge in [-0.3, -0.25) is 0 Å². The number of methoxy groups -OCH3 is 3. The van der Waals surface area contributed by atoms with E-state index in [0.29, 0.717) is 22.6 Å². The summed E-state index contributed by atoms with van der Waals surface area (Å²) in [5.41, 5.74) is 0. The summed E-state index contributed by atoms with van der Waals surface area (Å²) in [5.74, 6) is 1.61. The van der Waals surface area contributed by atoms with Gasteiger partial charge in [0.25, 0.3) is 0 Å². The van der Waals surface area contributed by atoms with E-state index < -0.39 is 0 Å². The van der Waals surface area contributed by atoms with Crippen molar-refractivity contribution in [1.29, 1.82) is 0 Å². The highest BCUT2D eigenvalue weighted by atomic mass is 31.1. The van der Waals surface area contributed by atoms with Crippen molar-refractivity contribution in [2.45, 2.75) is 0 Å². The second-order valence-electron chi connectivity index (χ2n) is 4.02. The number of rotatable bonds is 5. The molecular weight excluding hydrogens is 278 g/mol. The Labute approximate surface area is 119 Å². The highest BCUT2D eigenvalue weighted by Gasteiger charge is 2.14. The van der Waals surface area contributed by atoms with Crippen LogP contribution < -0.4 is 24.8 Å². The number of ether oxygens (including phenoxy) is 3. The van der Waals surface area contributed by atoms with E-state index in [2.05, 4.69) is 0 Å². The average Bonchev–Trinajstić information content (AvgIpc) is 2.48. The Morgan fingerprint density at radius 3 is 2.25 bits per heavy atom. The second-order valence-corrected chi connectivity index (χ2v) is 5.34. The highest BCUT2D eigenvalue weighted by Crippen LogP contribution is 2.33. The topological polar surface area (TPSA) is 27.7 Å². The lowest BCUT2D eigenvalue weighted by atomic mass is 10.3. The van der Waals surface area contributed by atoms with Gasteiger partial charge in [-0.25, -0.2) is 4.39 Å². The van der Waals surface area contributed by atoms with Crippen molar-refractivity contribution in [1.82, 2.24) is 0 Å². The van der Waals surface area contributed by atoms with E-state index in [4.69, 9.17) is 14.2 Å². The Bertz CT molecular complexity index is 602. The van der Waals surface area contributed by atoms with Gasteiger partial charge in [0.05, 0.1) is 21.3 Å². The minimum Gasteiger partial charge on any atom is -0.497 e. The third kappa shape index (κ3) is 3.02.